The molecule has 47 heavy (non-hydrogen) atoms. The SMILES string of the molecule is C[C@H](C[C@@H](C)Oc1cccc(P(c2ccccc2)c2ccccc2)c1I)Oc1cccc(P(c2ccccc2)c2ccccc2)c1I. The molecule has 0 aromatic heterocycles. The molecular formula is C41H36I2O2P2. The molecule has 0 fully saturated rings. The van der Waals surface area contributed by atoms with Gasteiger partial charge in [-0.3, -0.25) is 0 Å². The largest absolute Gasteiger partial charge is 0.489 e. The molecule has 0 aliphatic heterocycles. The highest BCUT2D eigenvalue weighted by Crippen LogP contribution is 2.39. The lowest BCUT2D eigenvalue weighted by Gasteiger charge is -2.25. The number of ether oxygens (including phenoxy) is 2. The molecule has 6 rings (SSSR count). The van der Waals surface area contributed by atoms with E-state index in [-0.39, 0.29) is 12.2 Å². The van der Waals surface area contributed by atoms with Crippen LogP contribution in [-0.2, 0) is 0 Å². The summed E-state index contributed by atoms with van der Waals surface area (Å²) in [7, 11) is -1.43. The van der Waals surface area contributed by atoms with Gasteiger partial charge in [0.1, 0.15) is 11.5 Å². The molecule has 0 heterocycles. The van der Waals surface area contributed by atoms with E-state index in [4.69, 9.17) is 9.47 Å². The Morgan fingerprint density at radius 2 is 0.723 bits per heavy atom. The lowest BCUT2D eigenvalue weighted by molar-refractivity contribution is 0.130. The summed E-state index contributed by atoms with van der Waals surface area (Å²) in [6.07, 6.45) is 0.707. The summed E-state index contributed by atoms with van der Waals surface area (Å²) in [4.78, 5) is 0. The zero-order valence-electron chi connectivity index (χ0n) is 26.3. The minimum absolute atomic E-state index is 0.0277. The van der Waals surface area contributed by atoms with Crippen LogP contribution in [0.25, 0.3) is 0 Å². The van der Waals surface area contributed by atoms with Gasteiger partial charge in [0.15, 0.2) is 0 Å². The first-order valence-corrected chi connectivity index (χ1v) is 20.5. The summed E-state index contributed by atoms with van der Waals surface area (Å²) in [5, 5.41) is 7.95. The number of rotatable bonds is 12. The molecule has 2 atom stereocenters. The van der Waals surface area contributed by atoms with Gasteiger partial charge in [0.2, 0.25) is 0 Å². The first-order chi connectivity index (χ1) is 23.0. The summed E-state index contributed by atoms with van der Waals surface area (Å²) >= 11 is 4.96. The van der Waals surface area contributed by atoms with Crippen molar-refractivity contribution >= 4 is 92.9 Å². The van der Waals surface area contributed by atoms with Gasteiger partial charge < -0.3 is 9.47 Å². The van der Waals surface area contributed by atoms with E-state index in [0.717, 1.165) is 17.9 Å². The molecule has 6 aromatic rings. The van der Waals surface area contributed by atoms with Crippen molar-refractivity contribution in [2.45, 2.75) is 32.5 Å². The third-order valence-electron chi connectivity index (χ3n) is 7.75. The van der Waals surface area contributed by atoms with E-state index in [1.807, 2.05) is 0 Å². The van der Waals surface area contributed by atoms with Crippen molar-refractivity contribution in [1.82, 2.24) is 0 Å². The van der Waals surface area contributed by atoms with Crippen molar-refractivity contribution in [3.63, 3.8) is 0 Å². The maximum absolute atomic E-state index is 6.65. The second kappa shape index (κ2) is 16.6. The Kier molecular flexibility index (Phi) is 12.0. The third kappa shape index (κ3) is 8.46. The van der Waals surface area contributed by atoms with Gasteiger partial charge in [-0.2, -0.15) is 0 Å². The van der Waals surface area contributed by atoms with Crippen molar-refractivity contribution in [2.24, 2.45) is 0 Å². The molecular weight excluding hydrogens is 840 g/mol. The van der Waals surface area contributed by atoms with Gasteiger partial charge in [0, 0.05) is 17.0 Å². The highest BCUT2D eigenvalue weighted by Gasteiger charge is 2.24. The van der Waals surface area contributed by atoms with Crippen LogP contribution in [0, 0.1) is 7.14 Å². The van der Waals surface area contributed by atoms with Crippen molar-refractivity contribution in [3.05, 3.63) is 165 Å². The van der Waals surface area contributed by atoms with Gasteiger partial charge in [-0.25, -0.2) is 0 Å². The summed E-state index contributed by atoms with van der Waals surface area (Å²) in [6, 6.07) is 56.3. The number of benzene rings is 6. The van der Waals surface area contributed by atoms with Crippen LogP contribution in [-0.4, -0.2) is 12.2 Å². The molecule has 0 bridgehead atoms. The summed E-state index contributed by atoms with van der Waals surface area (Å²) in [6.45, 7) is 4.29. The highest BCUT2D eigenvalue weighted by atomic mass is 127. The Bertz CT molecular complexity index is 1660. The Morgan fingerprint density at radius 1 is 0.426 bits per heavy atom. The fraction of sp³-hybridized carbons (Fsp3) is 0.122. The van der Waals surface area contributed by atoms with Crippen LogP contribution in [0.2, 0.25) is 0 Å². The van der Waals surface area contributed by atoms with E-state index in [0.29, 0.717) is 0 Å². The Balaban J connectivity index is 1.19. The topological polar surface area (TPSA) is 18.5 Å². The van der Waals surface area contributed by atoms with Crippen LogP contribution >= 0.6 is 61.0 Å². The predicted molar refractivity (Wildman–Crippen MR) is 221 cm³/mol. The normalized spacial score (nSPS) is 12.6. The predicted octanol–water partition coefficient (Wildman–Crippen LogP) is 9.04. The van der Waals surface area contributed by atoms with E-state index < -0.39 is 15.8 Å². The molecule has 0 radical (unpaired) electrons. The van der Waals surface area contributed by atoms with Crippen LogP contribution < -0.4 is 41.3 Å². The second-order valence-corrected chi connectivity index (χ2v) is 17.8. The van der Waals surface area contributed by atoms with Gasteiger partial charge in [-0.05, 0) is 108 Å². The maximum atomic E-state index is 6.65. The fourth-order valence-electron chi connectivity index (χ4n) is 5.69. The lowest BCUT2D eigenvalue weighted by Crippen LogP contribution is -2.26. The minimum Gasteiger partial charge on any atom is -0.489 e. The van der Waals surface area contributed by atoms with Crippen LogP contribution in [0.4, 0.5) is 0 Å². The molecule has 6 aromatic carbocycles. The maximum Gasteiger partial charge on any atom is 0.133 e. The standard InChI is InChI=1S/C41H36I2O2P2/c1-30(44-36-25-15-27-38(40(36)42)46(32-17-7-3-8-18-32)33-19-9-4-10-20-33)29-31(2)45-37-26-16-28-39(41(37)43)47(34-21-11-5-12-22-34)35-23-13-6-14-24-35/h3-28,30-31H,29H2,1-2H3/t30-,31-/m1/s1. The van der Waals surface area contributed by atoms with Gasteiger partial charge in [-0.15, -0.1) is 0 Å². The van der Waals surface area contributed by atoms with Crippen molar-refractivity contribution in [3.8, 4) is 11.5 Å². The summed E-state index contributed by atoms with van der Waals surface area (Å²) in [5.41, 5.74) is 0. The lowest BCUT2D eigenvalue weighted by atomic mass is 10.2. The molecule has 0 unspecified atom stereocenters. The monoisotopic (exact) mass is 876 g/mol. The van der Waals surface area contributed by atoms with E-state index in [2.05, 4.69) is 217 Å². The van der Waals surface area contributed by atoms with Crippen molar-refractivity contribution in [2.75, 3.05) is 0 Å². The molecule has 0 aliphatic carbocycles. The molecule has 0 saturated carbocycles. The van der Waals surface area contributed by atoms with Gasteiger partial charge in [0.05, 0.1) is 19.3 Å². The van der Waals surface area contributed by atoms with Crippen LogP contribution in [0.5, 0.6) is 11.5 Å². The van der Waals surface area contributed by atoms with E-state index in [1.165, 1.54) is 39.0 Å². The number of halogens is 2. The molecule has 0 N–H and O–H groups in total. The smallest absolute Gasteiger partial charge is 0.133 e. The number of hydrogen-bond acceptors (Lipinski definition) is 2. The second-order valence-electron chi connectivity index (χ2n) is 11.3. The fourth-order valence-corrected chi connectivity index (χ4v) is 12.8. The molecule has 6 heteroatoms. The van der Waals surface area contributed by atoms with Crippen LogP contribution in [0.1, 0.15) is 20.3 Å². The third-order valence-corrected chi connectivity index (χ3v) is 15.8. The quantitative estimate of drug-likeness (QED) is 0.0904. The Labute approximate surface area is 308 Å². The van der Waals surface area contributed by atoms with E-state index >= 15 is 0 Å². The highest BCUT2D eigenvalue weighted by molar-refractivity contribution is 14.1. The van der Waals surface area contributed by atoms with Crippen LogP contribution in [0.15, 0.2) is 158 Å². The van der Waals surface area contributed by atoms with E-state index in [1.54, 1.807) is 0 Å². The van der Waals surface area contributed by atoms with Crippen molar-refractivity contribution < 1.29 is 9.47 Å². The molecule has 236 valence electrons. The van der Waals surface area contributed by atoms with Gasteiger partial charge >= 0.3 is 0 Å². The average molecular weight is 876 g/mol. The van der Waals surface area contributed by atoms with E-state index in [9.17, 15) is 0 Å². The number of hydrogen-bond donors (Lipinski definition) is 0. The van der Waals surface area contributed by atoms with Gasteiger partial charge in [-0.1, -0.05) is 146 Å². The summed E-state index contributed by atoms with van der Waals surface area (Å²) in [5.74, 6) is 1.85. The zero-order chi connectivity index (χ0) is 32.6. The van der Waals surface area contributed by atoms with Crippen molar-refractivity contribution in [1.29, 1.82) is 0 Å². The molecule has 0 saturated heterocycles. The minimum atomic E-state index is -0.716. The first kappa shape index (κ1) is 34.1. The Morgan fingerprint density at radius 3 is 1.02 bits per heavy atom. The zero-order valence-corrected chi connectivity index (χ0v) is 32.4. The Hall–Kier alpha value is -2.76. The molecule has 2 nitrogen and oxygen atoms in total. The molecule has 0 aliphatic rings. The molecule has 0 amide bonds. The van der Waals surface area contributed by atoms with Crippen LogP contribution in [0.3, 0.4) is 0 Å². The average Bonchev–Trinajstić information content (AvgIpc) is 3.10. The first-order valence-electron chi connectivity index (χ1n) is 15.7. The molecule has 0 spiro atoms. The summed E-state index contributed by atoms with van der Waals surface area (Å²) < 4.78 is 15.6. The van der Waals surface area contributed by atoms with Gasteiger partial charge in [0.25, 0.3) is 0 Å².